The lowest BCUT2D eigenvalue weighted by Crippen LogP contribution is -2.48. The average molecular weight is 233 g/mol. The van der Waals surface area contributed by atoms with Crippen molar-refractivity contribution in [2.75, 3.05) is 31.2 Å². The molecule has 1 aliphatic heterocycles. The molecule has 1 saturated heterocycles. The topological polar surface area (TPSA) is 46.6 Å². The minimum atomic E-state index is -0.690. The second-order valence-electron chi connectivity index (χ2n) is 3.56. The van der Waals surface area contributed by atoms with Gasteiger partial charge in [-0.3, -0.25) is 13.9 Å². The molecule has 15 heavy (non-hydrogen) atoms. The second-order valence-corrected chi connectivity index (χ2v) is 5.26. The monoisotopic (exact) mass is 233 g/mol. The van der Waals surface area contributed by atoms with E-state index in [9.17, 15) is 9.00 Å². The summed E-state index contributed by atoms with van der Waals surface area (Å²) < 4.78 is 16.2. The highest BCUT2D eigenvalue weighted by Crippen LogP contribution is 2.10. The van der Waals surface area contributed by atoms with Crippen molar-refractivity contribution in [3.63, 3.8) is 0 Å². The molecule has 0 aliphatic carbocycles. The minimum absolute atomic E-state index is 0.146. The van der Waals surface area contributed by atoms with E-state index in [1.54, 1.807) is 0 Å². The van der Waals surface area contributed by atoms with E-state index in [0.29, 0.717) is 18.1 Å². The van der Waals surface area contributed by atoms with E-state index >= 15 is 0 Å². The molecule has 1 heterocycles. The maximum atomic E-state index is 11.6. The Kier molecular flexibility index (Phi) is 5.25. The third kappa shape index (κ3) is 3.57. The molecule has 0 aromatic rings. The molecular weight excluding hydrogens is 214 g/mol. The van der Waals surface area contributed by atoms with E-state index in [0.717, 1.165) is 19.5 Å². The number of carbonyl (C=O) groups is 1. The smallest absolute Gasteiger partial charge is 0.323 e. The van der Waals surface area contributed by atoms with Gasteiger partial charge in [-0.05, 0) is 13.3 Å². The van der Waals surface area contributed by atoms with Crippen LogP contribution < -0.4 is 0 Å². The van der Waals surface area contributed by atoms with Gasteiger partial charge in [-0.1, -0.05) is 6.92 Å². The van der Waals surface area contributed by atoms with Gasteiger partial charge in [0.1, 0.15) is 6.04 Å². The predicted molar refractivity (Wildman–Crippen MR) is 60.2 cm³/mol. The molecule has 0 N–H and O–H groups in total. The fourth-order valence-corrected chi connectivity index (χ4v) is 2.86. The number of carbonyl (C=O) groups excluding carboxylic acids is 1. The maximum absolute atomic E-state index is 11.6. The quantitative estimate of drug-likeness (QED) is 0.659. The average Bonchev–Trinajstić information content (AvgIpc) is 2.22. The summed E-state index contributed by atoms with van der Waals surface area (Å²) in [5.74, 6) is 1.21. The zero-order valence-electron chi connectivity index (χ0n) is 9.40. The lowest BCUT2D eigenvalue weighted by atomic mass is 10.2. The Morgan fingerprint density at radius 2 is 2.00 bits per heavy atom. The number of ether oxygens (including phenoxy) is 1. The van der Waals surface area contributed by atoms with Gasteiger partial charge in [0.15, 0.2) is 0 Å². The van der Waals surface area contributed by atoms with Gasteiger partial charge in [0.25, 0.3) is 0 Å². The molecule has 0 amide bonds. The molecule has 0 aromatic heterocycles. The molecule has 88 valence electrons. The van der Waals surface area contributed by atoms with Crippen LogP contribution >= 0.6 is 0 Å². The van der Waals surface area contributed by atoms with Crippen LogP contribution in [0.2, 0.25) is 0 Å². The molecule has 4 nitrogen and oxygen atoms in total. The first-order valence-corrected chi connectivity index (χ1v) is 6.93. The summed E-state index contributed by atoms with van der Waals surface area (Å²) in [7, 11) is -0.690. The van der Waals surface area contributed by atoms with Gasteiger partial charge >= 0.3 is 5.97 Å². The SMILES string of the molecule is CCOC(=O)C(CC)N1CCS(=O)CC1. The standard InChI is InChI=1S/C10H19NO3S/c1-3-9(10(12)14-4-2)11-5-7-15(13)8-6-11/h9H,3-8H2,1-2H3. The van der Waals surface area contributed by atoms with Crippen molar-refractivity contribution in [3.8, 4) is 0 Å². The molecule has 1 unspecified atom stereocenters. The van der Waals surface area contributed by atoms with Crippen LogP contribution in [0.4, 0.5) is 0 Å². The summed E-state index contributed by atoms with van der Waals surface area (Å²) >= 11 is 0. The van der Waals surface area contributed by atoms with Crippen molar-refractivity contribution in [1.82, 2.24) is 4.90 Å². The molecule has 0 aromatic carbocycles. The Balaban J connectivity index is 2.50. The highest BCUT2D eigenvalue weighted by atomic mass is 32.2. The molecular formula is C10H19NO3S. The molecule has 0 bridgehead atoms. The Bertz CT molecular complexity index is 235. The molecule has 1 fully saturated rings. The molecule has 1 rings (SSSR count). The lowest BCUT2D eigenvalue weighted by molar-refractivity contribution is -0.149. The van der Waals surface area contributed by atoms with Gasteiger partial charge < -0.3 is 4.74 Å². The summed E-state index contributed by atoms with van der Waals surface area (Å²) in [5, 5.41) is 0. The van der Waals surface area contributed by atoms with Gasteiger partial charge in [0.2, 0.25) is 0 Å². The minimum Gasteiger partial charge on any atom is -0.465 e. The summed E-state index contributed by atoms with van der Waals surface area (Å²) in [6, 6.07) is -0.151. The van der Waals surface area contributed by atoms with Crippen LogP contribution in [0, 0.1) is 0 Å². The van der Waals surface area contributed by atoms with Crippen LogP contribution in [0.25, 0.3) is 0 Å². The van der Waals surface area contributed by atoms with Crippen LogP contribution in [-0.2, 0) is 20.3 Å². The van der Waals surface area contributed by atoms with Crippen molar-refractivity contribution in [1.29, 1.82) is 0 Å². The van der Waals surface area contributed by atoms with Crippen molar-refractivity contribution in [2.24, 2.45) is 0 Å². The number of hydrogen-bond acceptors (Lipinski definition) is 4. The molecule has 0 saturated carbocycles. The van der Waals surface area contributed by atoms with Gasteiger partial charge in [0, 0.05) is 35.4 Å². The van der Waals surface area contributed by atoms with Crippen molar-refractivity contribution in [3.05, 3.63) is 0 Å². The van der Waals surface area contributed by atoms with Crippen LogP contribution in [0.5, 0.6) is 0 Å². The van der Waals surface area contributed by atoms with E-state index in [4.69, 9.17) is 4.74 Å². The number of hydrogen-bond donors (Lipinski definition) is 0. The van der Waals surface area contributed by atoms with Crippen molar-refractivity contribution in [2.45, 2.75) is 26.3 Å². The highest BCUT2D eigenvalue weighted by molar-refractivity contribution is 7.85. The first-order chi connectivity index (χ1) is 7.19. The summed E-state index contributed by atoms with van der Waals surface area (Å²) in [6.07, 6.45) is 0.755. The van der Waals surface area contributed by atoms with Gasteiger partial charge in [-0.2, -0.15) is 0 Å². The number of esters is 1. The van der Waals surface area contributed by atoms with Gasteiger partial charge in [0.05, 0.1) is 6.61 Å². The van der Waals surface area contributed by atoms with E-state index in [2.05, 4.69) is 4.90 Å². The fraction of sp³-hybridized carbons (Fsp3) is 0.900. The fourth-order valence-electron chi connectivity index (χ4n) is 1.78. The van der Waals surface area contributed by atoms with E-state index < -0.39 is 10.8 Å². The van der Waals surface area contributed by atoms with Gasteiger partial charge in [-0.25, -0.2) is 0 Å². The van der Waals surface area contributed by atoms with Crippen molar-refractivity contribution >= 4 is 16.8 Å². The maximum Gasteiger partial charge on any atom is 0.323 e. The second kappa shape index (κ2) is 6.23. The molecule has 0 radical (unpaired) electrons. The predicted octanol–water partition coefficient (Wildman–Crippen LogP) is 0.392. The van der Waals surface area contributed by atoms with Gasteiger partial charge in [-0.15, -0.1) is 0 Å². The number of rotatable bonds is 4. The van der Waals surface area contributed by atoms with Crippen LogP contribution in [0.3, 0.4) is 0 Å². The molecule has 1 aliphatic rings. The van der Waals surface area contributed by atoms with E-state index in [1.165, 1.54) is 0 Å². The lowest BCUT2D eigenvalue weighted by Gasteiger charge is -2.31. The zero-order valence-corrected chi connectivity index (χ0v) is 10.2. The van der Waals surface area contributed by atoms with E-state index in [1.807, 2.05) is 13.8 Å². The summed E-state index contributed by atoms with van der Waals surface area (Å²) in [4.78, 5) is 13.7. The molecule has 1 atom stereocenters. The largest absolute Gasteiger partial charge is 0.465 e. The third-order valence-corrected chi connectivity index (χ3v) is 3.87. The van der Waals surface area contributed by atoms with Crippen LogP contribution in [0.1, 0.15) is 20.3 Å². The zero-order chi connectivity index (χ0) is 11.3. The Morgan fingerprint density at radius 1 is 1.40 bits per heavy atom. The number of nitrogens with zero attached hydrogens (tertiary/aromatic N) is 1. The van der Waals surface area contributed by atoms with E-state index in [-0.39, 0.29) is 12.0 Å². The molecule has 5 heteroatoms. The Labute approximate surface area is 93.4 Å². The van der Waals surface area contributed by atoms with Crippen LogP contribution in [-0.4, -0.2) is 52.3 Å². The Hall–Kier alpha value is -0.420. The van der Waals surface area contributed by atoms with Crippen LogP contribution in [0.15, 0.2) is 0 Å². The first kappa shape index (κ1) is 12.6. The van der Waals surface area contributed by atoms with Crippen molar-refractivity contribution < 1.29 is 13.7 Å². The normalized spacial score (nSPS) is 21.2. The third-order valence-electron chi connectivity index (χ3n) is 2.60. The summed E-state index contributed by atoms with van der Waals surface area (Å²) in [6.45, 7) is 5.70. The highest BCUT2D eigenvalue weighted by Gasteiger charge is 2.28. The summed E-state index contributed by atoms with van der Waals surface area (Å²) in [5.41, 5.74) is 0. The Morgan fingerprint density at radius 3 is 2.47 bits per heavy atom. The molecule has 0 spiro atoms. The first-order valence-electron chi connectivity index (χ1n) is 5.44.